The molecular weight excluding hydrogens is 500 g/mol. The largest absolute Gasteiger partial charge is 1.00 e. The van der Waals surface area contributed by atoms with Crippen LogP contribution in [0.5, 0.6) is 0 Å². The van der Waals surface area contributed by atoms with Gasteiger partial charge in [-0.2, -0.15) is 5.10 Å². The molecule has 0 saturated heterocycles. The highest BCUT2D eigenvalue weighted by Crippen LogP contribution is 2.11. The smallest absolute Gasteiger partial charge is 0.169 e. The van der Waals surface area contributed by atoms with E-state index in [0.29, 0.717) is 0 Å². The first kappa shape index (κ1) is 31.2. The molecule has 35 heavy (non-hydrogen) atoms. The lowest BCUT2D eigenvalue weighted by Gasteiger charge is -2.28. The van der Waals surface area contributed by atoms with Gasteiger partial charge in [0.2, 0.25) is 0 Å². The Labute approximate surface area is 225 Å². The number of nitrogens with zero attached hydrogens (tertiary/aromatic N) is 6. The van der Waals surface area contributed by atoms with Crippen molar-refractivity contribution in [3.05, 3.63) is 60.4 Å². The van der Waals surface area contributed by atoms with E-state index in [1.807, 2.05) is 36.5 Å². The van der Waals surface area contributed by atoms with E-state index in [1.54, 1.807) is 0 Å². The predicted octanol–water partition coefficient (Wildman–Crippen LogP) is 0.333. The fourth-order valence-electron chi connectivity index (χ4n) is 3.92. The maximum Gasteiger partial charge on any atom is 0.169 e. The molecule has 0 unspecified atom stereocenters. The van der Waals surface area contributed by atoms with Crippen LogP contribution in [0.3, 0.4) is 0 Å². The van der Waals surface area contributed by atoms with Crippen molar-refractivity contribution >= 4 is 11.9 Å². The summed E-state index contributed by atoms with van der Waals surface area (Å²) in [4.78, 5) is 2.67. The van der Waals surface area contributed by atoms with Crippen LogP contribution < -0.4 is 26.6 Å². The Morgan fingerprint density at radius 1 is 0.771 bits per heavy atom. The van der Waals surface area contributed by atoms with Gasteiger partial charge in [0.1, 0.15) is 6.54 Å². The number of hydrogen-bond donors (Lipinski definition) is 0. The second-order valence-corrected chi connectivity index (χ2v) is 11.4. The molecule has 2 aromatic rings. The molecule has 0 atom stereocenters. The third-order valence-corrected chi connectivity index (χ3v) is 5.92. The Morgan fingerprint density at radius 3 is 1.80 bits per heavy atom. The standard InChI is InChI=1S/C28H49N6.BrH/c1-30(28-14-9-8-10-15-28)29-26-27-16-22-32(23-17-27)19-11-18-31(20-12-24-33(2,3)4)21-13-25-34(5,6)7;/h8-10,14-17,22-23,26H,11-13,18-21,24-25H2,1-7H3;1H/q+3;/p-1. The zero-order valence-electron chi connectivity index (χ0n) is 23.2. The number of aryl methyl sites for hydroxylation is 1. The molecule has 0 aliphatic carbocycles. The molecule has 7 heteroatoms. The molecule has 1 aromatic carbocycles. The number of anilines is 1. The molecular formula is C28H49BrN6+2. The van der Waals surface area contributed by atoms with Gasteiger partial charge in [0.25, 0.3) is 0 Å². The summed E-state index contributed by atoms with van der Waals surface area (Å²) in [6.45, 7) is 7.05. The van der Waals surface area contributed by atoms with Crippen molar-refractivity contribution in [3.63, 3.8) is 0 Å². The summed E-state index contributed by atoms with van der Waals surface area (Å²) < 4.78 is 4.37. The summed E-state index contributed by atoms with van der Waals surface area (Å²) in [6, 6.07) is 14.5. The monoisotopic (exact) mass is 548 g/mol. The first-order valence-corrected chi connectivity index (χ1v) is 12.7. The Kier molecular flexibility index (Phi) is 13.7. The first-order chi connectivity index (χ1) is 16.0. The molecule has 0 fully saturated rings. The van der Waals surface area contributed by atoms with Gasteiger partial charge in [-0.15, -0.1) is 0 Å². The van der Waals surface area contributed by atoms with Gasteiger partial charge in [-0.25, -0.2) is 4.57 Å². The fraction of sp³-hybridized carbons (Fsp3) is 0.571. The van der Waals surface area contributed by atoms with Crippen molar-refractivity contribution in [2.75, 3.05) is 87.1 Å². The van der Waals surface area contributed by atoms with E-state index in [0.717, 1.165) is 33.3 Å². The summed E-state index contributed by atoms with van der Waals surface area (Å²) in [7, 11) is 15.7. The number of benzene rings is 1. The zero-order valence-corrected chi connectivity index (χ0v) is 24.8. The number of aromatic nitrogens is 1. The van der Waals surface area contributed by atoms with Crippen LogP contribution >= 0.6 is 0 Å². The second kappa shape index (κ2) is 15.3. The number of quaternary nitrogens is 2. The van der Waals surface area contributed by atoms with Gasteiger partial charge in [-0.05, 0) is 12.1 Å². The molecule has 196 valence electrons. The maximum atomic E-state index is 4.56. The molecule has 1 heterocycles. The summed E-state index contributed by atoms with van der Waals surface area (Å²) in [5, 5.41) is 6.46. The number of halogens is 1. The number of hydrogen-bond acceptors (Lipinski definition) is 3. The van der Waals surface area contributed by atoms with Crippen LogP contribution in [-0.4, -0.2) is 102 Å². The molecule has 0 spiro atoms. The molecule has 1 aromatic heterocycles. The minimum atomic E-state index is 0. The number of para-hydroxylation sites is 1. The van der Waals surface area contributed by atoms with Gasteiger partial charge in [0, 0.05) is 63.6 Å². The Hall–Kier alpha value is -1.80. The summed E-state index contributed by atoms with van der Waals surface area (Å²) in [5.41, 5.74) is 2.19. The molecule has 0 aliphatic heterocycles. The quantitative estimate of drug-likeness (QED) is 0.138. The van der Waals surface area contributed by atoms with E-state index in [4.69, 9.17) is 0 Å². The first-order valence-electron chi connectivity index (χ1n) is 12.7. The van der Waals surface area contributed by atoms with Crippen LogP contribution in [0.1, 0.15) is 24.8 Å². The lowest BCUT2D eigenvalue weighted by molar-refractivity contribution is -0.870. The Bertz CT molecular complexity index is 820. The molecule has 0 N–H and O–H groups in total. The highest BCUT2D eigenvalue weighted by Gasteiger charge is 2.13. The topological polar surface area (TPSA) is 22.7 Å². The van der Waals surface area contributed by atoms with Crippen LogP contribution in [0.4, 0.5) is 5.69 Å². The normalized spacial score (nSPS) is 12.2. The zero-order chi connectivity index (χ0) is 25.0. The highest BCUT2D eigenvalue weighted by molar-refractivity contribution is 5.79. The second-order valence-electron chi connectivity index (χ2n) is 11.4. The van der Waals surface area contributed by atoms with Gasteiger partial charge >= 0.3 is 0 Å². The van der Waals surface area contributed by atoms with E-state index < -0.39 is 0 Å². The summed E-state index contributed by atoms with van der Waals surface area (Å²) in [6.07, 6.45) is 9.94. The van der Waals surface area contributed by atoms with Crippen molar-refractivity contribution in [1.29, 1.82) is 0 Å². The SMILES string of the molecule is CN(N=Cc1cc[n+](CCCN(CCC[N+](C)(C)C)CCC[N+](C)(C)C)cc1)c1ccccc1.[Br-]. The average molecular weight is 550 g/mol. The van der Waals surface area contributed by atoms with Crippen molar-refractivity contribution in [2.24, 2.45) is 5.10 Å². The van der Waals surface area contributed by atoms with Crippen molar-refractivity contribution < 1.29 is 30.5 Å². The van der Waals surface area contributed by atoms with Crippen molar-refractivity contribution in [1.82, 2.24) is 4.90 Å². The lowest BCUT2D eigenvalue weighted by atomic mass is 10.2. The van der Waals surface area contributed by atoms with Crippen molar-refractivity contribution in [3.8, 4) is 0 Å². The van der Waals surface area contributed by atoms with E-state index in [1.165, 1.54) is 45.4 Å². The fourth-order valence-corrected chi connectivity index (χ4v) is 3.92. The minimum Gasteiger partial charge on any atom is -1.00 e. The van der Waals surface area contributed by atoms with E-state index >= 15 is 0 Å². The molecule has 0 radical (unpaired) electrons. The molecule has 2 rings (SSSR count). The molecule has 6 nitrogen and oxygen atoms in total. The van der Waals surface area contributed by atoms with Gasteiger partial charge in [0.15, 0.2) is 12.4 Å². The van der Waals surface area contributed by atoms with Crippen LogP contribution in [0.15, 0.2) is 60.0 Å². The van der Waals surface area contributed by atoms with Crippen LogP contribution in [0.25, 0.3) is 0 Å². The van der Waals surface area contributed by atoms with Gasteiger partial charge in [0.05, 0.1) is 67.3 Å². The molecule has 0 bridgehead atoms. The lowest BCUT2D eigenvalue weighted by Crippen LogP contribution is -3.00. The molecule has 0 amide bonds. The Balaban J connectivity index is 0.00000612. The molecule has 0 aliphatic rings. The average Bonchev–Trinajstić information content (AvgIpc) is 2.77. The van der Waals surface area contributed by atoms with Crippen molar-refractivity contribution in [2.45, 2.75) is 25.8 Å². The van der Waals surface area contributed by atoms with E-state index in [9.17, 15) is 0 Å². The van der Waals surface area contributed by atoms with E-state index in [2.05, 4.69) is 93.5 Å². The predicted molar refractivity (Wildman–Crippen MR) is 145 cm³/mol. The van der Waals surface area contributed by atoms with Gasteiger partial charge < -0.3 is 30.8 Å². The number of hydrazone groups is 1. The van der Waals surface area contributed by atoms with Gasteiger partial charge in [-0.1, -0.05) is 18.2 Å². The van der Waals surface area contributed by atoms with Crippen LogP contribution in [0, 0.1) is 0 Å². The van der Waals surface area contributed by atoms with Gasteiger partial charge in [-0.3, -0.25) is 5.01 Å². The highest BCUT2D eigenvalue weighted by atomic mass is 79.9. The Morgan fingerprint density at radius 2 is 1.29 bits per heavy atom. The maximum absolute atomic E-state index is 4.56. The van der Waals surface area contributed by atoms with E-state index in [-0.39, 0.29) is 17.0 Å². The summed E-state index contributed by atoms with van der Waals surface area (Å²) >= 11 is 0. The van der Waals surface area contributed by atoms with Crippen LogP contribution in [0.2, 0.25) is 0 Å². The number of pyridine rings is 1. The molecule has 0 saturated carbocycles. The number of rotatable bonds is 15. The third kappa shape index (κ3) is 14.4. The van der Waals surface area contributed by atoms with Crippen LogP contribution in [-0.2, 0) is 6.54 Å². The summed E-state index contributed by atoms with van der Waals surface area (Å²) in [5.74, 6) is 0. The minimum absolute atomic E-state index is 0. The third-order valence-electron chi connectivity index (χ3n) is 5.92.